The van der Waals surface area contributed by atoms with Gasteiger partial charge in [-0.3, -0.25) is 10.1 Å². The second kappa shape index (κ2) is 7.38. The summed E-state index contributed by atoms with van der Waals surface area (Å²) in [5, 5.41) is 23.5. The van der Waals surface area contributed by atoms with Crippen molar-refractivity contribution in [2.24, 2.45) is 5.92 Å². The van der Waals surface area contributed by atoms with Gasteiger partial charge >= 0.3 is 0 Å². The number of nitro groups is 1. The Morgan fingerprint density at radius 3 is 2.95 bits per heavy atom. The summed E-state index contributed by atoms with van der Waals surface area (Å²) < 4.78 is 5.14. The lowest BCUT2D eigenvalue weighted by molar-refractivity contribution is -0.384. The average Bonchev–Trinajstić information content (AvgIpc) is 2.88. The number of nitro benzene ring substituents is 1. The zero-order valence-electron chi connectivity index (χ0n) is 12.2. The summed E-state index contributed by atoms with van der Waals surface area (Å²) in [5.74, 6) is 0.459. The molecule has 2 N–H and O–H groups in total. The number of hydrogen-bond acceptors (Lipinski definition) is 5. The molecular weight excluding hydrogens is 272 g/mol. The first kappa shape index (κ1) is 15.7. The second-order valence-corrected chi connectivity index (χ2v) is 5.49. The summed E-state index contributed by atoms with van der Waals surface area (Å²) in [6.45, 7) is 0.537. The summed E-state index contributed by atoms with van der Waals surface area (Å²) >= 11 is 0. The Morgan fingerprint density at radius 2 is 2.29 bits per heavy atom. The van der Waals surface area contributed by atoms with Gasteiger partial charge in [0.1, 0.15) is 0 Å². The molecule has 2 atom stereocenters. The van der Waals surface area contributed by atoms with Gasteiger partial charge in [-0.25, -0.2) is 0 Å². The van der Waals surface area contributed by atoms with Crippen LogP contribution in [-0.4, -0.2) is 29.8 Å². The van der Waals surface area contributed by atoms with Gasteiger partial charge in [-0.1, -0.05) is 6.42 Å². The highest BCUT2D eigenvalue weighted by molar-refractivity contribution is 5.56. The number of hydrogen-bond donors (Lipinski definition) is 2. The zero-order valence-corrected chi connectivity index (χ0v) is 12.2. The molecule has 1 aromatic rings. The first-order valence-corrected chi connectivity index (χ1v) is 7.29. The van der Waals surface area contributed by atoms with Crippen LogP contribution in [-0.2, 0) is 11.3 Å². The maximum atomic E-state index is 10.9. The number of methoxy groups -OCH3 is 1. The predicted octanol–water partition coefficient (Wildman–Crippen LogP) is 2.70. The maximum absolute atomic E-state index is 10.9. The van der Waals surface area contributed by atoms with E-state index < -0.39 is 4.92 Å². The van der Waals surface area contributed by atoms with Crippen LogP contribution in [0.5, 0.6) is 0 Å². The first-order valence-electron chi connectivity index (χ1n) is 7.29. The van der Waals surface area contributed by atoms with Crippen LogP contribution in [0.3, 0.4) is 0 Å². The average molecular weight is 294 g/mol. The van der Waals surface area contributed by atoms with Crippen molar-refractivity contribution in [2.75, 3.05) is 19.0 Å². The van der Waals surface area contributed by atoms with Crippen LogP contribution in [0.15, 0.2) is 18.2 Å². The zero-order chi connectivity index (χ0) is 15.2. The van der Waals surface area contributed by atoms with Gasteiger partial charge < -0.3 is 15.2 Å². The molecule has 0 aromatic heterocycles. The Labute approximate surface area is 124 Å². The normalized spacial score (nSPS) is 21.4. The largest absolute Gasteiger partial charge is 0.396 e. The number of benzene rings is 1. The molecule has 1 aromatic carbocycles. The molecule has 21 heavy (non-hydrogen) atoms. The topological polar surface area (TPSA) is 84.6 Å². The molecule has 0 aliphatic heterocycles. The number of nitrogens with zero attached hydrogens (tertiary/aromatic N) is 1. The molecule has 6 nitrogen and oxygen atoms in total. The van der Waals surface area contributed by atoms with E-state index >= 15 is 0 Å². The fourth-order valence-electron chi connectivity index (χ4n) is 3.05. The van der Waals surface area contributed by atoms with E-state index in [0.717, 1.165) is 36.9 Å². The smallest absolute Gasteiger partial charge is 0.269 e. The van der Waals surface area contributed by atoms with Crippen molar-refractivity contribution in [1.82, 2.24) is 0 Å². The standard InChI is InChI=1S/C15H22N2O4/c1-21-10-12-9-13(17(19)20)5-6-15(12)16-14-4-2-3-11(14)7-8-18/h5-6,9,11,14,16,18H,2-4,7-8,10H2,1H3. The van der Waals surface area contributed by atoms with E-state index in [1.807, 2.05) is 0 Å². The van der Waals surface area contributed by atoms with Crippen molar-refractivity contribution in [1.29, 1.82) is 0 Å². The molecule has 1 aliphatic rings. The lowest BCUT2D eigenvalue weighted by atomic mass is 9.99. The molecule has 1 aliphatic carbocycles. The van der Waals surface area contributed by atoms with Gasteiger partial charge in [-0.15, -0.1) is 0 Å². The van der Waals surface area contributed by atoms with Gasteiger partial charge in [0.15, 0.2) is 0 Å². The second-order valence-electron chi connectivity index (χ2n) is 5.49. The van der Waals surface area contributed by atoms with Crippen LogP contribution in [0.4, 0.5) is 11.4 Å². The number of nitrogens with one attached hydrogen (secondary N) is 1. The van der Waals surface area contributed by atoms with E-state index in [1.165, 1.54) is 6.07 Å². The third kappa shape index (κ3) is 3.92. The van der Waals surface area contributed by atoms with E-state index in [2.05, 4.69) is 5.32 Å². The summed E-state index contributed by atoms with van der Waals surface area (Å²) in [7, 11) is 1.58. The van der Waals surface area contributed by atoms with Gasteiger partial charge in [0.25, 0.3) is 5.69 Å². The molecule has 0 heterocycles. The van der Waals surface area contributed by atoms with Crippen LogP contribution >= 0.6 is 0 Å². The molecule has 6 heteroatoms. The number of anilines is 1. The number of non-ortho nitro benzene ring substituents is 1. The lowest BCUT2D eigenvalue weighted by Crippen LogP contribution is -2.25. The van der Waals surface area contributed by atoms with Crippen molar-refractivity contribution < 1.29 is 14.8 Å². The maximum Gasteiger partial charge on any atom is 0.269 e. The fourth-order valence-corrected chi connectivity index (χ4v) is 3.05. The summed E-state index contributed by atoms with van der Waals surface area (Å²) in [6.07, 6.45) is 4.12. The fraction of sp³-hybridized carbons (Fsp3) is 0.600. The van der Waals surface area contributed by atoms with E-state index in [9.17, 15) is 10.1 Å². The van der Waals surface area contributed by atoms with Crippen LogP contribution in [0, 0.1) is 16.0 Å². The molecule has 0 bridgehead atoms. The van der Waals surface area contributed by atoms with E-state index in [0.29, 0.717) is 18.6 Å². The van der Waals surface area contributed by atoms with Crippen molar-refractivity contribution in [2.45, 2.75) is 38.3 Å². The van der Waals surface area contributed by atoms with Gasteiger partial charge in [0, 0.05) is 43.1 Å². The highest BCUT2D eigenvalue weighted by Crippen LogP contribution is 2.32. The van der Waals surface area contributed by atoms with E-state index in [4.69, 9.17) is 9.84 Å². The third-order valence-corrected chi connectivity index (χ3v) is 4.10. The number of aliphatic hydroxyl groups is 1. The Hall–Kier alpha value is -1.66. The molecule has 2 unspecified atom stereocenters. The Kier molecular flexibility index (Phi) is 5.52. The van der Waals surface area contributed by atoms with Gasteiger partial charge in [-0.2, -0.15) is 0 Å². The van der Waals surface area contributed by atoms with Crippen molar-refractivity contribution >= 4 is 11.4 Å². The van der Waals surface area contributed by atoms with Gasteiger partial charge in [0.2, 0.25) is 0 Å². The summed E-state index contributed by atoms with van der Waals surface area (Å²) in [4.78, 5) is 10.5. The number of ether oxygens (including phenoxy) is 1. The van der Waals surface area contributed by atoms with Crippen molar-refractivity contribution in [3.8, 4) is 0 Å². The number of aliphatic hydroxyl groups excluding tert-OH is 1. The molecule has 0 saturated heterocycles. The molecule has 0 radical (unpaired) electrons. The SMILES string of the molecule is COCc1cc([N+](=O)[O-])ccc1NC1CCCC1CCO. The van der Waals surface area contributed by atoms with Crippen LogP contribution in [0.2, 0.25) is 0 Å². The first-order chi connectivity index (χ1) is 10.2. The van der Waals surface area contributed by atoms with E-state index in [-0.39, 0.29) is 12.3 Å². The monoisotopic (exact) mass is 294 g/mol. The molecule has 116 valence electrons. The van der Waals surface area contributed by atoms with Gasteiger partial charge in [0.05, 0.1) is 11.5 Å². The summed E-state index contributed by atoms with van der Waals surface area (Å²) in [5.41, 5.74) is 1.75. The minimum Gasteiger partial charge on any atom is -0.396 e. The molecule has 1 saturated carbocycles. The Bertz CT molecular complexity index is 493. The van der Waals surface area contributed by atoms with Crippen LogP contribution < -0.4 is 5.32 Å². The van der Waals surface area contributed by atoms with Gasteiger partial charge in [-0.05, 0) is 31.2 Å². The molecular formula is C15H22N2O4. The molecule has 0 spiro atoms. The quantitative estimate of drug-likeness (QED) is 0.596. The van der Waals surface area contributed by atoms with Crippen LogP contribution in [0.1, 0.15) is 31.2 Å². The lowest BCUT2D eigenvalue weighted by Gasteiger charge is -2.23. The molecule has 1 fully saturated rings. The Balaban J connectivity index is 2.16. The minimum atomic E-state index is -0.396. The predicted molar refractivity (Wildman–Crippen MR) is 80.3 cm³/mol. The Morgan fingerprint density at radius 1 is 1.48 bits per heavy atom. The van der Waals surface area contributed by atoms with Crippen LogP contribution in [0.25, 0.3) is 0 Å². The van der Waals surface area contributed by atoms with E-state index in [1.54, 1.807) is 19.2 Å². The molecule has 2 rings (SSSR count). The highest BCUT2D eigenvalue weighted by atomic mass is 16.6. The van der Waals surface area contributed by atoms with Crippen molar-refractivity contribution in [3.05, 3.63) is 33.9 Å². The molecule has 0 amide bonds. The summed E-state index contributed by atoms with van der Waals surface area (Å²) in [6, 6.07) is 5.13. The minimum absolute atomic E-state index is 0.0749. The number of rotatable bonds is 7. The van der Waals surface area contributed by atoms with Crippen molar-refractivity contribution in [3.63, 3.8) is 0 Å². The highest BCUT2D eigenvalue weighted by Gasteiger charge is 2.27. The third-order valence-electron chi connectivity index (χ3n) is 4.10.